The Balaban J connectivity index is 1.92. The van der Waals surface area contributed by atoms with Gasteiger partial charge < -0.3 is 14.8 Å². The van der Waals surface area contributed by atoms with Crippen molar-refractivity contribution in [3.63, 3.8) is 0 Å². The van der Waals surface area contributed by atoms with Crippen LogP contribution >= 0.6 is 11.3 Å². The number of methoxy groups -OCH3 is 1. The second-order valence-electron chi connectivity index (χ2n) is 6.22. The number of aryl methyl sites for hydroxylation is 1. The molecule has 3 aromatic rings. The van der Waals surface area contributed by atoms with Crippen molar-refractivity contribution in [3.8, 4) is 5.75 Å². The molecule has 1 aromatic heterocycles. The van der Waals surface area contributed by atoms with Crippen molar-refractivity contribution in [3.05, 3.63) is 70.7 Å². The first-order chi connectivity index (χ1) is 14.0. The number of ether oxygens (including phenoxy) is 2. The van der Waals surface area contributed by atoms with Crippen LogP contribution in [0.15, 0.2) is 54.6 Å². The molecule has 7 heteroatoms. The minimum absolute atomic E-state index is 0.206. The lowest BCUT2D eigenvalue weighted by atomic mass is 9.93. The van der Waals surface area contributed by atoms with Crippen LogP contribution < -0.4 is 10.1 Å². The lowest BCUT2D eigenvalue weighted by Crippen LogP contribution is -2.24. The highest BCUT2D eigenvalue weighted by atomic mass is 32.1. The molecule has 2 aromatic carbocycles. The zero-order valence-electron chi connectivity index (χ0n) is 16.5. The number of aromatic nitrogens is 1. The Morgan fingerprint density at radius 1 is 1.10 bits per heavy atom. The van der Waals surface area contributed by atoms with E-state index in [1.54, 1.807) is 45.2 Å². The molecule has 0 aliphatic rings. The number of thiazole rings is 1. The van der Waals surface area contributed by atoms with Gasteiger partial charge in [0, 0.05) is 0 Å². The molecule has 0 saturated heterocycles. The Morgan fingerprint density at radius 2 is 1.79 bits per heavy atom. The third-order valence-electron chi connectivity index (χ3n) is 4.29. The number of carbonyl (C=O) groups is 2. The van der Waals surface area contributed by atoms with Crippen LogP contribution in [0, 0.1) is 6.92 Å². The van der Waals surface area contributed by atoms with Crippen LogP contribution in [-0.2, 0) is 9.53 Å². The molecule has 0 spiro atoms. The molecule has 29 heavy (non-hydrogen) atoms. The fourth-order valence-corrected chi connectivity index (χ4v) is 3.89. The van der Waals surface area contributed by atoms with Gasteiger partial charge in [-0.25, -0.2) is 4.98 Å². The summed E-state index contributed by atoms with van der Waals surface area (Å²) in [6.07, 6.45) is 0. The van der Waals surface area contributed by atoms with E-state index in [1.807, 2.05) is 30.3 Å². The number of hydrogen-bond donors (Lipinski definition) is 1. The van der Waals surface area contributed by atoms with Crippen LogP contribution in [0.2, 0.25) is 0 Å². The van der Waals surface area contributed by atoms with Crippen LogP contribution in [-0.4, -0.2) is 30.5 Å². The lowest BCUT2D eigenvalue weighted by Gasteiger charge is -2.14. The van der Waals surface area contributed by atoms with Crippen molar-refractivity contribution in [1.29, 1.82) is 0 Å². The maximum atomic E-state index is 13.3. The fourth-order valence-electron chi connectivity index (χ4n) is 2.94. The van der Waals surface area contributed by atoms with Crippen molar-refractivity contribution in [2.75, 3.05) is 19.0 Å². The van der Waals surface area contributed by atoms with E-state index in [1.165, 1.54) is 11.3 Å². The number of ketones is 1. The number of nitrogens with one attached hydrogen (secondary N) is 1. The highest BCUT2D eigenvalue weighted by Gasteiger charge is 2.33. The van der Waals surface area contributed by atoms with Gasteiger partial charge in [-0.2, -0.15) is 0 Å². The SMILES string of the molecule is CCOC(=O)C(C(=O)c1sc(Nc2ccccc2OC)nc1C)c1ccccc1. The summed E-state index contributed by atoms with van der Waals surface area (Å²) in [4.78, 5) is 30.7. The number of rotatable bonds is 8. The van der Waals surface area contributed by atoms with Crippen LogP contribution in [0.5, 0.6) is 5.75 Å². The van der Waals surface area contributed by atoms with Crippen molar-refractivity contribution >= 4 is 33.9 Å². The van der Waals surface area contributed by atoms with Crippen molar-refractivity contribution in [2.45, 2.75) is 19.8 Å². The van der Waals surface area contributed by atoms with Crippen molar-refractivity contribution < 1.29 is 19.1 Å². The molecule has 0 saturated carbocycles. The fraction of sp³-hybridized carbons (Fsp3) is 0.227. The predicted octanol–water partition coefficient (Wildman–Crippen LogP) is 4.73. The zero-order chi connectivity index (χ0) is 20.8. The zero-order valence-corrected chi connectivity index (χ0v) is 17.3. The molecular formula is C22H22N2O4S. The van der Waals surface area contributed by atoms with Gasteiger partial charge in [-0.05, 0) is 31.5 Å². The smallest absolute Gasteiger partial charge is 0.321 e. The normalized spacial score (nSPS) is 11.6. The topological polar surface area (TPSA) is 77.5 Å². The summed E-state index contributed by atoms with van der Waals surface area (Å²) < 4.78 is 10.5. The van der Waals surface area contributed by atoms with Gasteiger partial charge in [0.05, 0.1) is 30.0 Å². The van der Waals surface area contributed by atoms with Crippen LogP contribution in [0.3, 0.4) is 0 Å². The molecule has 0 aliphatic carbocycles. The number of esters is 1. The molecule has 3 rings (SSSR count). The van der Waals surface area contributed by atoms with Gasteiger partial charge in [-0.1, -0.05) is 53.8 Å². The average molecular weight is 410 g/mol. The Morgan fingerprint density at radius 3 is 2.48 bits per heavy atom. The molecule has 1 N–H and O–H groups in total. The number of benzene rings is 2. The maximum absolute atomic E-state index is 13.3. The van der Waals surface area contributed by atoms with Gasteiger partial charge in [-0.3, -0.25) is 9.59 Å². The summed E-state index contributed by atoms with van der Waals surface area (Å²) in [6, 6.07) is 16.4. The van der Waals surface area contributed by atoms with Crippen LogP contribution in [0.1, 0.15) is 33.8 Å². The molecule has 6 nitrogen and oxygen atoms in total. The van der Waals surface area contributed by atoms with Gasteiger partial charge in [0.1, 0.15) is 11.7 Å². The summed E-state index contributed by atoms with van der Waals surface area (Å²) in [5.41, 5.74) is 1.90. The van der Waals surface area contributed by atoms with Crippen LogP contribution in [0.4, 0.5) is 10.8 Å². The average Bonchev–Trinajstić information content (AvgIpc) is 3.09. The molecule has 1 atom stereocenters. The maximum Gasteiger partial charge on any atom is 0.321 e. The Hall–Kier alpha value is -3.19. The number of anilines is 2. The van der Waals surface area contributed by atoms with E-state index in [-0.39, 0.29) is 12.4 Å². The Kier molecular flexibility index (Phi) is 6.61. The minimum Gasteiger partial charge on any atom is -0.495 e. The van der Waals surface area contributed by atoms with E-state index < -0.39 is 11.9 Å². The Bertz CT molecular complexity index is 1000. The van der Waals surface area contributed by atoms with Gasteiger partial charge in [0.2, 0.25) is 0 Å². The molecule has 0 radical (unpaired) electrons. The van der Waals surface area contributed by atoms with Gasteiger partial charge in [0.25, 0.3) is 0 Å². The Labute approximate surface area is 173 Å². The van der Waals surface area contributed by atoms with E-state index in [0.29, 0.717) is 27.0 Å². The first kappa shape index (κ1) is 20.5. The quantitative estimate of drug-likeness (QED) is 0.329. The molecule has 150 valence electrons. The molecule has 1 heterocycles. The van der Waals surface area contributed by atoms with Crippen molar-refractivity contribution in [1.82, 2.24) is 4.98 Å². The van der Waals surface area contributed by atoms with E-state index >= 15 is 0 Å². The van der Waals surface area contributed by atoms with E-state index in [0.717, 1.165) is 5.69 Å². The molecule has 0 bridgehead atoms. The van der Waals surface area contributed by atoms with Gasteiger partial charge in [-0.15, -0.1) is 0 Å². The van der Waals surface area contributed by atoms with E-state index in [9.17, 15) is 9.59 Å². The third kappa shape index (κ3) is 4.63. The van der Waals surface area contributed by atoms with Gasteiger partial charge in [0.15, 0.2) is 10.9 Å². The molecule has 0 aliphatic heterocycles. The number of carbonyl (C=O) groups excluding carboxylic acids is 2. The molecular weight excluding hydrogens is 388 g/mol. The summed E-state index contributed by atoms with van der Waals surface area (Å²) in [6.45, 7) is 3.68. The number of nitrogens with zero attached hydrogens (tertiary/aromatic N) is 1. The van der Waals surface area contributed by atoms with Crippen LogP contribution in [0.25, 0.3) is 0 Å². The molecule has 1 unspecified atom stereocenters. The van der Waals surface area contributed by atoms with Crippen molar-refractivity contribution in [2.24, 2.45) is 0 Å². The van der Waals surface area contributed by atoms with E-state index in [4.69, 9.17) is 9.47 Å². The predicted molar refractivity (Wildman–Crippen MR) is 113 cm³/mol. The number of hydrogen-bond acceptors (Lipinski definition) is 7. The highest BCUT2D eigenvalue weighted by Crippen LogP contribution is 2.33. The summed E-state index contributed by atoms with van der Waals surface area (Å²) >= 11 is 1.21. The van der Waals surface area contributed by atoms with E-state index in [2.05, 4.69) is 10.3 Å². The third-order valence-corrected chi connectivity index (χ3v) is 5.37. The highest BCUT2D eigenvalue weighted by molar-refractivity contribution is 7.17. The lowest BCUT2D eigenvalue weighted by molar-refractivity contribution is -0.143. The summed E-state index contributed by atoms with van der Waals surface area (Å²) in [7, 11) is 1.59. The largest absolute Gasteiger partial charge is 0.495 e. The minimum atomic E-state index is -1.02. The number of Topliss-reactive ketones (excluding diaryl/α,β-unsaturated/α-hetero) is 1. The first-order valence-corrected chi connectivity index (χ1v) is 10.00. The number of para-hydroxylation sites is 2. The monoisotopic (exact) mass is 410 g/mol. The first-order valence-electron chi connectivity index (χ1n) is 9.18. The summed E-state index contributed by atoms with van der Waals surface area (Å²) in [5.74, 6) is -1.23. The second-order valence-corrected chi connectivity index (χ2v) is 7.22. The molecule has 0 fully saturated rings. The second kappa shape index (κ2) is 9.34. The van der Waals surface area contributed by atoms with Gasteiger partial charge >= 0.3 is 5.97 Å². The summed E-state index contributed by atoms with van der Waals surface area (Å²) in [5, 5.41) is 3.73. The molecule has 0 amide bonds. The standard InChI is InChI=1S/C22H22N2O4S/c1-4-28-21(26)18(15-10-6-5-7-11-15)19(25)20-14(2)23-22(29-20)24-16-12-8-9-13-17(16)27-3/h5-13,18H,4H2,1-3H3,(H,23,24).